The number of anilines is 2. The molecule has 0 aliphatic heterocycles. The third-order valence-electron chi connectivity index (χ3n) is 3.63. The predicted octanol–water partition coefficient (Wildman–Crippen LogP) is 3.37. The summed E-state index contributed by atoms with van der Waals surface area (Å²) in [5.74, 6) is 0.705. The van der Waals surface area contributed by atoms with Crippen LogP contribution in [-0.2, 0) is 0 Å². The zero-order chi connectivity index (χ0) is 18.8. The van der Waals surface area contributed by atoms with Crippen molar-refractivity contribution in [2.75, 3.05) is 30.9 Å². The Morgan fingerprint density at radius 2 is 2.00 bits per heavy atom. The van der Waals surface area contributed by atoms with E-state index in [0.717, 1.165) is 16.9 Å². The summed E-state index contributed by atoms with van der Waals surface area (Å²) < 4.78 is 5.26. The second kappa shape index (κ2) is 10.0. The van der Waals surface area contributed by atoms with Crippen LogP contribution in [-0.4, -0.2) is 32.0 Å². The van der Waals surface area contributed by atoms with E-state index in [-0.39, 0.29) is 0 Å². The molecule has 134 valence electrons. The van der Waals surface area contributed by atoms with Gasteiger partial charge in [-0.1, -0.05) is 24.3 Å². The number of rotatable bonds is 7. The van der Waals surface area contributed by atoms with E-state index in [9.17, 15) is 0 Å². The standard InChI is InChI=1S/C19H21N5OS/c1-24(13-5-12-20)16-10-8-15(9-11-16)14-21-23-19(26)22-17-6-3-4-7-18(17)25-2/h3-4,6-11,14H,5,13H2,1-2H3,(H2,22,23,26)/b21-14-. The van der Waals surface area contributed by atoms with Crippen molar-refractivity contribution in [1.82, 2.24) is 5.43 Å². The van der Waals surface area contributed by atoms with Crippen molar-refractivity contribution >= 4 is 34.9 Å². The lowest BCUT2D eigenvalue weighted by Gasteiger charge is -2.17. The maximum Gasteiger partial charge on any atom is 0.191 e. The molecule has 0 aliphatic carbocycles. The molecule has 2 rings (SSSR count). The first-order chi connectivity index (χ1) is 12.6. The first-order valence-corrected chi connectivity index (χ1v) is 8.46. The summed E-state index contributed by atoms with van der Waals surface area (Å²) in [7, 11) is 3.57. The maximum absolute atomic E-state index is 8.65. The summed E-state index contributed by atoms with van der Waals surface area (Å²) >= 11 is 5.23. The first-order valence-electron chi connectivity index (χ1n) is 8.05. The van der Waals surface area contributed by atoms with Crippen LogP contribution < -0.4 is 20.4 Å². The normalized spacial score (nSPS) is 10.2. The molecule has 0 atom stereocenters. The minimum Gasteiger partial charge on any atom is -0.495 e. The number of hydrazone groups is 1. The number of nitrogens with one attached hydrogen (secondary N) is 2. The molecule has 0 unspecified atom stereocenters. The van der Waals surface area contributed by atoms with E-state index in [4.69, 9.17) is 22.2 Å². The number of hydrogen-bond donors (Lipinski definition) is 2. The van der Waals surface area contributed by atoms with E-state index in [2.05, 4.69) is 21.9 Å². The Bertz CT molecular complexity index is 798. The Labute approximate surface area is 159 Å². The van der Waals surface area contributed by atoms with Gasteiger partial charge in [0, 0.05) is 19.3 Å². The smallest absolute Gasteiger partial charge is 0.191 e. The molecule has 7 heteroatoms. The van der Waals surface area contributed by atoms with Crippen molar-refractivity contribution in [3.63, 3.8) is 0 Å². The summed E-state index contributed by atoms with van der Waals surface area (Å²) in [6.07, 6.45) is 2.19. The van der Waals surface area contributed by atoms with Crippen LogP contribution in [0.5, 0.6) is 5.75 Å². The lowest BCUT2D eigenvalue weighted by atomic mass is 10.2. The molecule has 0 saturated carbocycles. The molecule has 0 saturated heterocycles. The molecule has 26 heavy (non-hydrogen) atoms. The minimum absolute atomic E-state index is 0.374. The van der Waals surface area contributed by atoms with Crippen LogP contribution in [0.2, 0.25) is 0 Å². The third-order valence-corrected chi connectivity index (χ3v) is 3.82. The van der Waals surface area contributed by atoms with Crippen LogP contribution in [0, 0.1) is 11.3 Å². The molecule has 2 aromatic rings. The number of nitriles is 1. The molecule has 2 aromatic carbocycles. The lowest BCUT2D eigenvalue weighted by molar-refractivity contribution is 0.417. The number of para-hydroxylation sites is 2. The average molecular weight is 367 g/mol. The Morgan fingerprint density at radius 3 is 2.69 bits per heavy atom. The van der Waals surface area contributed by atoms with E-state index in [1.807, 2.05) is 60.5 Å². The van der Waals surface area contributed by atoms with E-state index in [1.54, 1.807) is 13.3 Å². The summed E-state index contributed by atoms with van der Waals surface area (Å²) in [4.78, 5) is 2.04. The van der Waals surface area contributed by atoms with Gasteiger partial charge in [-0.15, -0.1) is 0 Å². The average Bonchev–Trinajstić information content (AvgIpc) is 2.67. The monoisotopic (exact) mass is 367 g/mol. The third kappa shape index (κ3) is 5.76. The molecule has 0 aromatic heterocycles. The number of methoxy groups -OCH3 is 1. The van der Waals surface area contributed by atoms with Crippen LogP contribution in [0.4, 0.5) is 11.4 Å². The molecule has 0 aliphatic rings. The summed E-state index contributed by atoms with van der Waals surface area (Å²) in [5, 5.41) is 16.2. The van der Waals surface area contributed by atoms with Gasteiger partial charge in [-0.25, -0.2) is 0 Å². The first kappa shape index (κ1) is 19.2. The highest BCUT2D eigenvalue weighted by atomic mass is 32.1. The van der Waals surface area contributed by atoms with E-state index in [0.29, 0.717) is 23.8 Å². The van der Waals surface area contributed by atoms with E-state index >= 15 is 0 Å². The Kier molecular flexibility index (Phi) is 7.40. The van der Waals surface area contributed by atoms with Crippen molar-refractivity contribution < 1.29 is 4.74 Å². The van der Waals surface area contributed by atoms with Gasteiger partial charge in [-0.05, 0) is 42.0 Å². The maximum atomic E-state index is 8.65. The van der Waals surface area contributed by atoms with Crippen molar-refractivity contribution in [1.29, 1.82) is 5.26 Å². The van der Waals surface area contributed by atoms with E-state index < -0.39 is 0 Å². The van der Waals surface area contributed by atoms with Gasteiger partial charge in [0.2, 0.25) is 0 Å². The van der Waals surface area contributed by atoms with Crippen molar-refractivity contribution in [2.24, 2.45) is 5.10 Å². The fourth-order valence-corrected chi connectivity index (χ4v) is 2.39. The summed E-state index contributed by atoms with van der Waals surface area (Å²) in [6, 6.07) is 17.6. The molecule has 0 radical (unpaired) electrons. The molecule has 0 bridgehead atoms. The highest BCUT2D eigenvalue weighted by molar-refractivity contribution is 7.80. The lowest BCUT2D eigenvalue weighted by Crippen LogP contribution is -2.24. The Morgan fingerprint density at radius 1 is 1.27 bits per heavy atom. The zero-order valence-corrected chi connectivity index (χ0v) is 15.6. The topological polar surface area (TPSA) is 72.7 Å². The fourth-order valence-electron chi connectivity index (χ4n) is 2.23. The Hall–Kier alpha value is -3.11. The van der Waals surface area contributed by atoms with Crippen LogP contribution in [0.15, 0.2) is 53.6 Å². The summed E-state index contributed by atoms with van der Waals surface area (Å²) in [5.41, 5.74) is 5.55. The number of ether oxygens (including phenoxy) is 1. The molecular formula is C19H21N5OS. The molecule has 0 heterocycles. The molecule has 0 spiro atoms. The van der Waals surface area contributed by atoms with Gasteiger partial charge in [0.05, 0.1) is 31.5 Å². The van der Waals surface area contributed by atoms with Gasteiger partial charge in [-0.3, -0.25) is 5.43 Å². The van der Waals surface area contributed by atoms with Crippen molar-refractivity contribution in [3.8, 4) is 11.8 Å². The number of thiocarbonyl (C=S) groups is 1. The second-order valence-electron chi connectivity index (χ2n) is 5.45. The van der Waals surface area contributed by atoms with Crippen LogP contribution >= 0.6 is 12.2 Å². The van der Waals surface area contributed by atoms with Gasteiger partial charge < -0.3 is 15.0 Å². The largest absolute Gasteiger partial charge is 0.495 e. The van der Waals surface area contributed by atoms with Gasteiger partial charge >= 0.3 is 0 Å². The predicted molar refractivity (Wildman–Crippen MR) is 110 cm³/mol. The highest BCUT2D eigenvalue weighted by Gasteiger charge is 2.03. The SMILES string of the molecule is COc1ccccc1NC(=S)N/N=C\c1ccc(N(C)CCC#N)cc1. The van der Waals surface area contributed by atoms with Gasteiger partial charge in [0.15, 0.2) is 5.11 Å². The molecular weight excluding hydrogens is 346 g/mol. The van der Waals surface area contributed by atoms with Gasteiger partial charge in [0.1, 0.15) is 5.75 Å². The number of nitrogens with zero attached hydrogens (tertiary/aromatic N) is 3. The van der Waals surface area contributed by atoms with Crippen molar-refractivity contribution in [3.05, 3.63) is 54.1 Å². The number of hydrogen-bond acceptors (Lipinski definition) is 5. The fraction of sp³-hybridized carbons (Fsp3) is 0.211. The Balaban J connectivity index is 1.88. The zero-order valence-electron chi connectivity index (χ0n) is 14.8. The minimum atomic E-state index is 0.374. The summed E-state index contributed by atoms with van der Waals surface area (Å²) in [6.45, 7) is 0.703. The van der Waals surface area contributed by atoms with Crippen LogP contribution in [0.1, 0.15) is 12.0 Å². The highest BCUT2D eigenvalue weighted by Crippen LogP contribution is 2.22. The van der Waals surface area contributed by atoms with Crippen molar-refractivity contribution in [2.45, 2.75) is 6.42 Å². The van der Waals surface area contributed by atoms with E-state index in [1.165, 1.54) is 0 Å². The number of benzene rings is 2. The second-order valence-corrected chi connectivity index (χ2v) is 5.85. The molecule has 2 N–H and O–H groups in total. The van der Waals surface area contributed by atoms with Gasteiger partial charge in [0.25, 0.3) is 0 Å². The molecule has 6 nitrogen and oxygen atoms in total. The quantitative estimate of drug-likeness (QED) is 0.444. The molecule has 0 amide bonds. The van der Waals surface area contributed by atoms with Crippen LogP contribution in [0.3, 0.4) is 0 Å². The molecule has 0 fully saturated rings. The van der Waals surface area contributed by atoms with Crippen LogP contribution in [0.25, 0.3) is 0 Å². The van der Waals surface area contributed by atoms with Gasteiger partial charge in [-0.2, -0.15) is 10.4 Å².